The molecule has 3 nitrogen and oxygen atoms in total. The van der Waals surface area contributed by atoms with Gasteiger partial charge < -0.3 is 10.5 Å². The molecule has 0 aromatic carbocycles. The van der Waals surface area contributed by atoms with Crippen LogP contribution >= 0.6 is 0 Å². The second kappa shape index (κ2) is 5.67. The molecular weight excluding hydrogens is 245 g/mol. The fourth-order valence-corrected chi connectivity index (χ4v) is 1.94. The van der Waals surface area contributed by atoms with Gasteiger partial charge in [-0.05, 0) is 12.0 Å². The minimum absolute atomic E-state index is 0.00582. The lowest BCUT2D eigenvalue weighted by Gasteiger charge is -2.27. The van der Waals surface area contributed by atoms with Gasteiger partial charge in [-0.2, -0.15) is 13.2 Å². The van der Waals surface area contributed by atoms with Crippen LogP contribution in [0.3, 0.4) is 0 Å². The quantitative estimate of drug-likeness (QED) is 0.907. The average molecular weight is 262 g/mol. The summed E-state index contributed by atoms with van der Waals surface area (Å²) in [6.07, 6.45) is -2.67. The summed E-state index contributed by atoms with van der Waals surface area (Å²) >= 11 is 0. The summed E-state index contributed by atoms with van der Waals surface area (Å²) in [5.41, 5.74) is 5.09. The van der Waals surface area contributed by atoms with Gasteiger partial charge in [-0.15, -0.1) is 0 Å². The number of methoxy groups -OCH3 is 1. The zero-order valence-electron chi connectivity index (χ0n) is 10.5. The molecule has 1 rings (SSSR count). The molecule has 0 fully saturated rings. The number of nitrogens with zero attached hydrogens (tertiary/aromatic N) is 1. The first-order valence-corrected chi connectivity index (χ1v) is 5.58. The first kappa shape index (κ1) is 14.9. The highest BCUT2D eigenvalue weighted by Crippen LogP contribution is 2.35. The molecule has 1 aromatic rings. The number of halogens is 3. The van der Waals surface area contributed by atoms with Crippen LogP contribution in [-0.2, 0) is 10.9 Å². The normalized spacial score (nSPS) is 15.8. The van der Waals surface area contributed by atoms with Crippen molar-refractivity contribution in [3.8, 4) is 0 Å². The molecule has 0 saturated carbocycles. The number of nitrogens with two attached hydrogens (primary N) is 1. The minimum atomic E-state index is -4.44. The number of alkyl halides is 3. The molecular formula is C12H17F3N2O. The van der Waals surface area contributed by atoms with Crippen molar-refractivity contribution in [3.05, 3.63) is 29.6 Å². The van der Waals surface area contributed by atoms with Gasteiger partial charge in [0.1, 0.15) is 0 Å². The van der Waals surface area contributed by atoms with Crippen LogP contribution in [0.1, 0.15) is 31.0 Å². The Hall–Kier alpha value is -1.14. The molecule has 0 radical (unpaired) electrons. The molecule has 6 heteroatoms. The molecule has 102 valence electrons. The Bertz CT molecular complexity index is 393. The molecule has 0 bridgehead atoms. The third-order valence-electron chi connectivity index (χ3n) is 2.80. The molecule has 2 N–H and O–H groups in total. The van der Waals surface area contributed by atoms with E-state index in [0.717, 1.165) is 18.5 Å². The lowest BCUT2D eigenvalue weighted by Crippen LogP contribution is -2.34. The SMILES string of the molecule is COC(C(C)C)C(N)c1cnccc1C(F)(F)F. The second-order valence-electron chi connectivity index (χ2n) is 4.43. The number of hydrogen-bond donors (Lipinski definition) is 1. The lowest BCUT2D eigenvalue weighted by molar-refractivity contribution is -0.138. The molecule has 2 atom stereocenters. The standard InChI is InChI=1S/C12H17F3N2O/c1-7(2)11(18-3)10(16)8-6-17-5-4-9(8)12(13,14)15/h4-7,10-11H,16H2,1-3H3. The van der Waals surface area contributed by atoms with Crippen LogP contribution in [0.15, 0.2) is 18.5 Å². The predicted molar refractivity (Wildman–Crippen MR) is 61.8 cm³/mol. The van der Waals surface area contributed by atoms with E-state index in [2.05, 4.69) is 4.98 Å². The van der Waals surface area contributed by atoms with Crippen LogP contribution < -0.4 is 5.73 Å². The maximum absolute atomic E-state index is 12.9. The molecule has 18 heavy (non-hydrogen) atoms. The van der Waals surface area contributed by atoms with E-state index in [1.54, 1.807) is 0 Å². The second-order valence-corrected chi connectivity index (χ2v) is 4.43. The molecule has 1 heterocycles. The predicted octanol–water partition coefficient (Wildman–Crippen LogP) is 2.77. The summed E-state index contributed by atoms with van der Waals surface area (Å²) in [4.78, 5) is 3.72. The van der Waals surface area contributed by atoms with Crippen LogP contribution in [-0.4, -0.2) is 18.2 Å². The maximum atomic E-state index is 12.9. The first-order valence-electron chi connectivity index (χ1n) is 5.58. The molecule has 1 aromatic heterocycles. The van der Waals surface area contributed by atoms with Gasteiger partial charge in [0.25, 0.3) is 0 Å². The van der Waals surface area contributed by atoms with Crippen LogP contribution in [0.5, 0.6) is 0 Å². The Labute approximate surface area is 104 Å². The van der Waals surface area contributed by atoms with E-state index in [1.807, 2.05) is 13.8 Å². The number of rotatable bonds is 4. The van der Waals surface area contributed by atoms with E-state index in [9.17, 15) is 13.2 Å². The highest BCUT2D eigenvalue weighted by molar-refractivity contribution is 5.30. The number of hydrogen-bond acceptors (Lipinski definition) is 3. The van der Waals surface area contributed by atoms with Crippen molar-refractivity contribution in [2.24, 2.45) is 11.7 Å². The van der Waals surface area contributed by atoms with E-state index in [0.29, 0.717) is 0 Å². The van der Waals surface area contributed by atoms with Gasteiger partial charge in [-0.1, -0.05) is 13.8 Å². The molecule has 0 aliphatic rings. The highest BCUT2D eigenvalue weighted by atomic mass is 19.4. The fourth-order valence-electron chi connectivity index (χ4n) is 1.94. The summed E-state index contributed by atoms with van der Waals surface area (Å²) in [6, 6.07) is 0.0720. The van der Waals surface area contributed by atoms with E-state index < -0.39 is 23.9 Å². The summed E-state index contributed by atoms with van der Waals surface area (Å²) < 4.78 is 43.7. The monoisotopic (exact) mass is 262 g/mol. The van der Waals surface area contributed by atoms with Crippen molar-refractivity contribution in [1.29, 1.82) is 0 Å². The Morgan fingerprint density at radius 2 is 1.94 bits per heavy atom. The topological polar surface area (TPSA) is 48.1 Å². The largest absolute Gasteiger partial charge is 0.416 e. The van der Waals surface area contributed by atoms with E-state index in [-0.39, 0.29) is 11.5 Å². The van der Waals surface area contributed by atoms with Crippen molar-refractivity contribution >= 4 is 0 Å². The summed E-state index contributed by atoms with van der Waals surface area (Å²) in [5, 5.41) is 0. The molecule has 0 spiro atoms. The van der Waals surface area contributed by atoms with E-state index >= 15 is 0 Å². The van der Waals surface area contributed by atoms with Crippen molar-refractivity contribution in [2.45, 2.75) is 32.2 Å². The Morgan fingerprint density at radius 1 is 1.33 bits per heavy atom. The van der Waals surface area contributed by atoms with Crippen molar-refractivity contribution in [2.75, 3.05) is 7.11 Å². The number of ether oxygens (including phenoxy) is 1. The Balaban J connectivity index is 3.17. The lowest BCUT2D eigenvalue weighted by atomic mass is 9.92. The van der Waals surface area contributed by atoms with Gasteiger partial charge in [0.15, 0.2) is 0 Å². The van der Waals surface area contributed by atoms with Crippen LogP contribution in [0, 0.1) is 5.92 Å². The number of pyridine rings is 1. The molecule has 2 unspecified atom stereocenters. The highest BCUT2D eigenvalue weighted by Gasteiger charge is 2.36. The van der Waals surface area contributed by atoms with Crippen molar-refractivity contribution < 1.29 is 17.9 Å². The fraction of sp³-hybridized carbons (Fsp3) is 0.583. The molecule has 0 aliphatic heterocycles. The molecule has 0 aliphatic carbocycles. The molecule has 0 amide bonds. The van der Waals surface area contributed by atoms with Crippen molar-refractivity contribution in [1.82, 2.24) is 4.98 Å². The maximum Gasteiger partial charge on any atom is 0.416 e. The van der Waals surface area contributed by atoms with Crippen molar-refractivity contribution in [3.63, 3.8) is 0 Å². The molecule has 0 saturated heterocycles. The smallest absolute Gasteiger partial charge is 0.379 e. The van der Waals surface area contributed by atoms with E-state index in [4.69, 9.17) is 10.5 Å². The zero-order chi connectivity index (χ0) is 13.9. The van der Waals surface area contributed by atoms with Gasteiger partial charge >= 0.3 is 6.18 Å². The average Bonchev–Trinajstić information content (AvgIpc) is 2.28. The Kier molecular flexibility index (Phi) is 4.70. The summed E-state index contributed by atoms with van der Waals surface area (Å²) in [7, 11) is 1.44. The van der Waals surface area contributed by atoms with Gasteiger partial charge in [0.2, 0.25) is 0 Å². The Morgan fingerprint density at radius 3 is 2.39 bits per heavy atom. The number of aromatic nitrogens is 1. The van der Waals surface area contributed by atoms with Gasteiger partial charge in [-0.3, -0.25) is 4.98 Å². The summed E-state index contributed by atoms with van der Waals surface area (Å²) in [5.74, 6) is 0.00582. The van der Waals surface area contributed by atoms with Crippen LogP contribution in [0.4, 0.5) is 13.2 Å². The van der Waals surface area contributed by atoms with E-state index in [1.165, 1.54) is 7.11 Å². The van der Waals surface area contributed by atoms with Crippen LogP contribution in [0.2, 0.25) is 0 Å². The van der Waals surface area contributed by atoms with Gasteiger partial charge in [0, 0.05) is 25.1 Å². The first-order chi connectivity index (χ1) is 8.29. The van der Waals surface area contributed by atoms with Gasteiger partial charge in [-0.25, -0.2) is 0 Å². The summed E-state index contributed by atoms with van der Waals surface area (Å²) in [6.45, 7) is 3.69. The minimum Gasteiger partial charge on any atom is -0.379 e. The zero-order valence-corrected chi connectivity index (χ0v) is 10.5. The van der Waals surface area contributed by atoms with Crippen LogP contribution in [0.25, 0.3) is 0 Å². The van der Waals surface area contributed by atoms with Gasteiger partial charge in [0.05, 0.1) is 17.7 Å². The third kappa shape index (κ3) is 3.20. The third-order valence-corrected chi connectivity index (χ3v) is 2.80.